The van der Waals surface area contributed by atoms with Crippen LogP contribution in [0.2, 0.25) is 0 Å². The molecule has 0 atom stereocenters. The number of nitrogens with two attached hydrogens (primary N) is 1. The molecule has 3 aromatic rings. The van der Waals surface area contributed by atoms with Crippen LogP contribution in [0.25, 0.3) is 10.8 Å². The molecule has 104 valence electrons. The quantitative estimate of drug-likeness (QED) is 0.677. The van der Waals surface area contributed by atoms with Crippen molar-refractivity contribution in [2.24, 2.45) is 0 Å². The molecule has 4 heteroatoms. The van der Waals surface area contributed by atoms with Gasteiger partial charge in [-0.1, -0.05) is 52.3 Å². The van der Waals surface area contributed by atoms with Crippen molar-refractivity contribution in [3.63, 3.8) is 0 Å². The number of rotatable bonds is 2. The summed E-state index contributed by atoms with van der Waals surface area (Å²) < 4.78 is 0.849. The third-order valence-electron chi connectivity index (χ3n) is 3.30. The van der Waals surface area contributed by atoms with Gasteiger partial charge in [0.15, 0.2) is 0 Å². The molecule has 3 rings (SSSR count). The van der Waals surface area contributed by atoms with E-state index in [0.29, 0.717) is 11.3 Å². The predicted molar refractivity (Wildman–Crippen MR) is 90.5 cm³/mol. The maximum atomic E-state index is 12.4. The van der Waals surface area contributed by atoms with Gasteiger partial charge in [0.25, 0.3) is 5.91 Å². The van der Waals surface area contributed by atoms with E-state index in [1.165, 1.54) is 0 Å². The molecule has 0 heterocycles. The van der Waals surface area contributed by atoms with Crippen LogP contribution in [0, 0.1) is 0 Å². The number of halogens is 1. The summed E-state index contributed by atoms with van der Waals surface area (Å²) in [5.74, 6) is -0.212. The summed E-state index contributed by atoms with van der Waals surface area (Å²) in [6.45, 7) is 0. The van der Waals surface area contributed by atoms with Crippen molar-refractivity contribution >= 4 is 44.0 Å². The molecule has 21 heavy (non-hydrogen) atoms. The highest BCUT2D eigenvalue weighted by Gasteiger charge is 2.11. The van der Waals surface area contributed by atoms with Crippen LogP contribution >= 0.6 is 15.9 Å². The molecule has 0 saturated carbocycles. The number of nitrogen functional groups attached to an aromatic ring is 1. The second-order valence-electron chi connectivity index (χ2n) is 4.71. The second kappa shape index (κ2) is 5.58. The van der Waals surface area contributed by atoms with Crippen molar-refractivity contribution in [1.82, 2.24) is 0 Å². The van der Waals surface area contributed by atoms with Crippen LogP contribution in [0.3, 0.4) is 0 Å². The van der Waals surface area contributed by atoms with E-state index in [0.717, 1.165) is 20.9 Å². The molecule has 0 radical (unpaired) electrons. The monoisotopic (exact) mass is 340 g/mol. The van der Waals surface area contributed by atoms with Gasteiger partial charge in [0, 0.05) is 21.2 Å². The molecule has 3 N–H and O–H groups in total. The van der Waals surface area contributed by atoms with Crippen LogP contribution in [-0.4, -0.2) is 5.91 Å². The average Bonchev–Trinajstić information content (AvgIpc) is 2.47. The Hall–Kier alpha value is -2.33. The van der Waals surface area contributed by atoms with Crippen LogP contribution in [0.5, 0.6) is 0 Å². The summed E-state index contributed by atoms with van der Waals surface area (Å²) in [6, 6.07) is 19.0. The fourth-order valence-corrected chi connectivity index (χ4v) is 2.64. The number of hydrogen-bond acceptors (Lipinski definition) is 2. The Bertz CT molecular complexity index is 825. The van der Waals surface area contributed by atoms with Gasteiger partial charge in [0.05, 0.1) is 5.56 Å². The minimum absolute atomic E-state index is 0.212. The van der Waals surface area contributed by atoms with E-state index in [2.05, 4.69) is 21.2 Å². The number of carbonyl (C=O) groups is 1. The first-order valence-electron chi connectivity index (χ1n) is 6.49. The van der Waals surface area contributed by atoms with E-state index in [-0.39, 0.29) is 5.91 Å². The molecular formula is C17H13BrN2O. The largest absolute Gasteiger partial charge is 0.398 e. The highest BCUT2D eigenvalue weighted by molar-refractivity contribution is 9.10. The number of benzene rings is 3. The summed E-state index contributed by atoms with van der Waals surface area (Å²) in [4.78, 5) is 12.4. The Balaban J connectivity index is 1.97. The number of nitrogens with one attached hydrogen (secondary N) is 1. The Morgan fingerprint density at radius 2 is 1.76 bits per heavy atom. The van der Waals surface area contributed by atoms with Gasteiger partial charge >= 0.3 is 0 Å². The molecule has 0 aliphatic rings. The first-order valence-corrected chi connectivity index (χ1v) is 7.28. The minimum atomic E-state index is -0.212. The maximum absolute atomic E-state index is 12.4. The summed E-state index contributed by atoms with van der Waals surface area (Å²) in [5, 5.41) is 5.01. The highest BCUT2D eigenvalue weighted by Crippen LogP contribution is 2.25. The lowest BCUT2D eigenvalue weighted by Gasteiger charge is -2.10. The first-order chi connectivity index (χ1) is 10.1. The van der Waals surface area contributed by atoms with Crippen molar-refractivity contribution < 1.29 is 4.79 Å². The number of carbonyl (C=O) groups excluding carboxylic acids is 1. The molecule has 0 aliphatic carbocycles. The molecular weight excluding hydrogens is 328 g/mol. The van der Waals surface area contributed by atoms with E-state index in [9.17, 15) is 4.79 Å². The SMILES string of the molecule is Nc1cc(Br)ccc1C(=O)Nc1cccc2ccccc12. The molecule has 0 aliphatic heterocycles. The van der Waals surface area contributed by atoms with Gasteiger partial charge in [0.2, 0.25) is 0 Å². The van der Waals surface area contributed by atoms with E-state index < -0.39 is 0 Å². The Morgan fingerprint density at radius 3 is 2.57 bits per heavy atom. The zero-order chi connectivity index (χ0) is 14.8. The van der Waals surface area contributed by atoms with Gasteiger partial charge in [0.1, 0.15) is 0 Å². The summed E-state index contributed by atoms with van der Waals surface area (Å²) in [6.07, 6.45) is 0. The van der Waals surface area contributed by atoms with Crippen LogP contribution in [0.1, 0.15) is 10.4 Å². The van der Waals surface area contributed by atoms with Crippen molar-refractivity contribution in [2.45, 2.75) is 0 Å². The van der Waals surface area contributed by atoms with Crippen LogP contribution in [-0.2, 0) is 0 Å². The van der Waals surface area contributed by atoms with Gasteiger partial charge in [-0.2, -0.15) is 0 Å². The van der Waals surface area contributed by atoms with Gasteiger partial charge in [-0.3, -0.25) is 4.79 Å². The molecule has 0 aromatic heterocycles. The summed E-state index contributed by atoms with van der Waals surface area (Å²) >= 11 is 3.33. The normalized spacial score (nSPS) is 10.5. The standard InChI is InChI=1S/C17H13BrN2O/c18-12-8-9-14(15(19)10-12)17(21)20-16-7-3-5-11-4-1-2-6-13(11)16/h1-10H,19H2,(H,20,21). The lowest BCUT2D eigenvalue weighted by Crippen LogP contribution is -2.14. The molecule has 3 nitrogen and oxygen atoms in total. The van der Waals surface area contributed by atoms with Gasteiger partial charge in [-0.05, 0) is 29.7 Å². The molecule has 0 fully saturated rings. The maximum Gasteiger partial charge on any atom is 0.257 e. The van der Waals surface area contributed by atoms with Gasteiger partial charge in [-0.25, -0.2) is 0 Å². The summed E-state index contributed by atoms with van der Waals surface area (Å²) in [5.41, 5.74) is 7.59. The first kappa shape index (κ1) is 13.6. The van der Waals surface area contributed by atoms with Crippen LogP contribution in [0.4, 0.5) is 11.4 Å². The molecule has 1 amide bonds. The number of fused-ring (bicyclic) bond motifs is 1. The molecule has 3 aromatic carbocycles. The zero-order valence-electron chi connectivity index (χ0n) is 11.1. The van der Waals surface area contributed by atoms with E-state index >= 15 is 0 Å². The number of hydrogen-bond donors (Lipinski definition) is 2. The minimum Gasteiger partial charge on any atom is -0.398 e. The highest BCUT2D eigenvalue weighted by atomic mass is 79.9. The number of anilines is 2. The molecule has 0 bridgehead atoms. The summed E-state index contributed by atoms with van der Waals surface area (Å²) in [7, 11) is 0. The van der Waals surface area contributed by atoms with Crippen molar-refractivity contribution in [2.75, 3.05) is 11.1 Å². The van der Waals surface area contributed by atoms with E-state index in [4.69, 9.17) is 5.73 Å². The topological polar surface area (TPSA) is 55.1 Å². The van der Waals surface area contributed by atoms with Crippen molar-refractivity contribution in [3.8, 4) is 0 Å². The predicted octanol–water partition coefficient (Wildman–Crippen LogP) is 4.44. The fraction of sp³-hybridized carbons (Fsp3) is 0. The van der Waals surface area contributed by atoms with Gasteiger partial charge in [-0.15, -0.1) is 0 Å². The smallest absolute Gasteiger partial charge is 0.257 e. The molecule has 0 unspecified atom stereocenters. The third kappa shape index (κ3) is 2.76. The third-order valence-corrected chi connectivity index (χ3v) is 3.79. The van der Waals surface area contributed by atoms with E-state index in [1.54, 1.807) is 18.2 Å². The average molecular weight is 341 g/mol. The number of amides is 1. The second-order valence-corrected chi connectivity index (χ2v) is 5.63. The van der Waals surface area contributed by atoms with Crippen molar-refractivity contribution in [1.29, 1.82) is 0 Å². The van der Waals surface area contributed by atoms with Gasteiger partial charge < -0.3 is 11.1 Å². The zero-order valence-corrected chi connectivity index (χ0v) is 12.7. The lowest BCUT2D eigenvalue weighted by molar-refractivity contribution is 0.102. The fourth-order valence-electron chi connectivity index (χ4n) is 2.26. The lowest BCUT2D eigenvalue weighted by atomic mass is 10.1. The van der Waals surface area contributed by atoms with Crippen LogP contribution in [0.15, 0.2) is 65.1 Å². The Morgan fingerprint density at radius 1 is 1.00 bits per heavy atom. The molecule has 0 spiro atoms. The Labute approximate surface area is 130 Å². The van der Waals surface area contributed by atoms with Crippen LogP contribution < -0.4 is 11.1 Å². The molecule has 0 saturated heterocycles. The van der Waals surface area contributed by atoms with E-state index in [1.807, 2.05) is 42.5 Å². The Kier molecular flexibility index (Phi) is 3.62. The van der Waals surface area contributed by atoms with Crippen molar-refractivity contribution in [3.05, 3.63) is 70.7 Å².